The molecule has 1 aromatic rings. The van der Waals surface area contributed by atoms with Crippen molar-refractivity contribution in [2.45, 2.75) is 31.8 Å². The normalized spacial score (nSPS) is 21.8. The van der Waals surface area contributed by atoms with Crippen molar-refractivity contribution >= 4 is 35.4 Å². The summed E-state index contributed by atoms with van der Waals surface area (Å²) < 4.78 is 4.87. The van der Waals surface area contributed by atoms with Gasteiger partial charge in [-0.05, 0) is 43.4 Å². The lowest BCUT2D eigenvalue weighted by atomic mass is 9.96. The number of halogens is 1. The number of esters is 1. The van der Waals surface area contributed by atoms with E-state index < -0.39 is 42.5 Å². The van der Waals surface area contributed by atoms with Crippen molar-refractivity contribution in [3.8, 4) is 0 Å². The van der Waals surface area contributed by atoms with Gasteiger partial charge in [-0.3, -0.25) is 19.3 Å². The highest BCUT2D eigenvalue weighted by atomic mass is 35.5. The van der Waals surface area contributed by atoms with Crippen LogP contribution in [0.1, 0.15) is 25.3 Å². The standard InChI is InChI=1S/C18H20ClN3O5/c1-18(12-4-5-12)16(25)22(17(26)21-18)9-15(24)27-10-14(23)20-8-11-2-6-13(19)7-3-11/h2-3,6-7,12H,4-5,8-10H2,1H3,(H,20,23)(H,21,26)/t18-/m1/s1. The Bertz CT molecular complexity index is 778. The fraction of sp³-hybridized carbons (Fsp3) is 0.444. The van der Waals surface area contributed by atoms with Gasteiger partial charge in [0.05, 0.1) is 0 Å². The number of hydrogen-bond acceptors (Lipinski definition) is 5. The number of benzene rings is 1. The summed E-state index contributed by atoms with van der Waals surface area (Å²) in [5.74, 6) is -1.63. The fourth-order valence-electron chi connectivity index (χ4n) is 2.97. The maximum Gasteiger partial charge on any atom is 0.326 e. The highest BCUT2D eigenvalue weighted by Gasteiger charge is 2.56. The van der Waals surface area contributed by atoms with Crippen molar-refractivity contribution in [1.29, 1.82) is 0 Å². The number of hydrogen-bond donors (Lipinski definition) is 2. The Labute approximate surface area is 161 Å². The minimum atomic E-state index is -0.951. The van der Waals surface area contributed by atoms with Crippen LogP contribution in [-0.2, 0) is 25.7 Å². The van der Waals surface area contributed by atoms with E-state index in [0.717, 1.165) is 23.3 Å². The van der Waals surface area contributed by atoms with E-state index >= 15 is 0 Å². The van der Waals surface area contributed by atoms with Crippen LogP contribution in [0.3, 0.4) is 0 Å². The van der Waals surface area contributed by atoms with Gasteiger partial charge in [-0.2, -0.15) is 0 Å². The molecule has 0 bridgehead atoms. The molecule has 27 heavy (non-hydrogen) atoms. The summed E-state index contributed by atoms with van der Waals surface area (Å²) in [6.07, 6.45) is 1.74. The molecular weight excluding hydrogens is 374 g/mol. The second kappa shape index (κ2) is 7.56. The van der Waals surface area contributed by atoms with Crippen LogP contribution in [-0.4, -0.2) is 47.4 Å². The van der Waals surface area contributed by atoms with Crippen molar-refractivity contribution in [2.24, 2.45) is 5.92 Å². The Morgan fingerprint density at radius 2 is 1.96 bits per heavy atom. The Hall–Kier alpha value is -2.61. The van der Waals surface area contributed by atoms with Gasteiger partial charge in [-0.25, -0.2) is 4.79 Å². The zero-order valence-corrected chi connectivity index (χ0v) is 15.5. The van der Waals surface area contributed by atoms with Crippen LogP contribution in [0.4, 0.5) is 4.79 Å². The lowest BCUT2D eigenvalue weighted by Crippen LogP contribution is -2.46. The summed E-state index contributed by atoms with van der Waals surface area (Å²) >= 11 is 5.79. The van der Waals surface area contributed by atoms with Crippen LogP contribution in [0.15, 0.2) is 24.3 Å². The molecule has 9 heteroatoms. The Balaban J connectivity index is 1.42. The van der Waals surface area contributed by atoms with Crippen LogP contribution in [0.25, 0.3) is 0 Å². The lowest BCUT2D eigenvalue weighted by Gasteiger charge is -2.20. The lowest BCUT2D eigenvalue weighted by molar-refractivity contribution is -0.151. The number of nitrogens with one attached hydrogen (secondary N) is 2. The van der Waals surface area contributed by atoms with Crippen molar-refractivity contribution in [1.82, 2.24) is 15.5 Å². The maximum absolute atomic E-state index is 12.4. The molecule has 0 spiro atoms. The first kappa shape index (κ1) is 19.2. The van der Waals surface area contributed by atoms with Crippen LogP contribution < -0.4 is 10.6 Å². The molecule has 0 radical (unpaired) electrons. The van der Waals surface area contributed by atoms with Gasteiger partial charge in [0.25, 0.3) is 11.8 Å². The number of imide groups is 1. The molecule has 0 aromatic heterocycles. The number of rotatable bonds is 7. The predicted molar refractivity (Wildman–Crippen MR) is 95.6 cm³/mol. The molecule has 1 aliphatic heterocycles. The van der Waals surface area contributed by atoms with Crippen molar-refractivity contribution < 1.29 is 23.9 Å². The van der Waals surface area contributed by atoms with E-state index in [4.69, 9.17) is 16.3 Å². The predicted octanol–water partition coefficient (Wildman–Crippen LogP) is 1.22. The molecule has 0 unspecified atom stereocenters. The third-order valence-electron chi connectivity index (χ3n) is 4.75. The average Bonchev–Trinajstić information content (AvgIpc) is 3.46. The van der Waals surface area contributed by atoms with Crippen molar-refractivity contribution in [2.75, 3.05) is 13.2 Å². The molecule has 1 saturated carbocycles. The summed E-state index contributed by atoms with van der Waals surface area (Å²) in [5.41, 5.74) is -0.106. The van der Waals surface area contributed by atoms with Gasteiger partial charge < -0.3 is 15.4 Å². The monoisotopic (exact) mass is 393 g/mol. The average molecular weight is 394 g/mol. The first-order valence-corrected chi connectivity index (χ1v) is 8.98. The van der Waals surface area contributed by atoms with Gasteiger partial charge in [0, 0.05) is 11.6 Å². The number of nitrogens with zero attached hydrogens (tertiary/aromatic N) is 1. The molecular formula is C18H20ClN3O5. The van der Waals surface area contributed by atoms with E-state index in [2.05, 4.69) is 10.6 Å². The number of ether oxygens (including phenoxy) is 1. The van der Waals surface area contributed by atoms with Crippen LogP contribution in [0.5, 0.6) is 0 Å². The SMILES string of the molecule is C[C@]1(C2CC2)NC(=O)N(CC(=O)OCC(=O)NCc2ccc(Cl)cc2)C1=O. The van der Waals surface area contributed by atoms with Gasteiger partial charge >= 0.3 is 12.0 Å². The smallest absolute Gasteiger partial charge is 0.326 e. The number of carbonyl (C=O) groups excluding carboxylic acids is 4. The molecule has 1 aliphatic carbocycles. The van der Waals surface area contributed by atoms with E-state index in [0.29, 0.717) is 5.02 Å². The molecule has 2 aliphatic rings. The summed E-state index contributed by atoms with van der Waals surface area (Å²) in [4.78, 5) is 48.9. The van der Waals surface area contributed by atoms with E-state index in [-0.39, 0.29) is 12.5 Å². The van der Waals surface area contributed by atoms with Gasteiger partial charge in [0.15, 0.2) is 6.61 Å². The van der Waals surface area contributed by atoms with Crippen LogP contribution in [0.2, 0.25) is 5.02 Å². The fourth-order valence-corrected chi connectivity index (χ4v) is 3.10. The minimum absolute atomic E-state index is 0.105. The van der Waals surface area contributed by atoms with E-state index in [1.165, 1.54) is 0 Å². The molecule has 3 rings (SSSR count). The second-order valence-corrected chi connectivity index (χ2v) is 7.30. The quantitative estimate of drug-likeness (QED) is 0.535. The summed E-state index contributed by atoms with van der Waals surface area (Å²) in [5, 5.41) is 5.84. The molecule has 1 saturated heterocycles. The highest BCUT2D eigenvalue weighted by molar-refractivity contribution is 6.30. The molecule has 1 atom stereocenters. The first-order valence-electron chi connectivity index (χ1n) is 8.60. The zero-order chi connectivity index (χ0) is 19.6. The van der Waals surface area contributed by atoms with Crippen molar-refractivity contribution in [3.05, 3.63) is 34.9 Å². The Morgan fingerprint density at radius 1 is 1.30 bits per heavy atom. The minimum Gasteiger partial charge on any atom is -0.454 e. The second-order valence-electron chi connectivity index (χ2n) is 6.86. The molecule has 4 amide bonds. The molecule has 1 aromatic carbocycles. The Morgan fingerprint density at radius 3 is 2.59 bits per heavy atom. The summed E-state index contributed by atoms with van der Waals surface area (Å²) in [7, 11) is 0. The molecule has 2 N–H and O–H groups in total. The van der Waals surface area contributed by atoms with E-state index in [9.17, 15) is 19.2 Å². The summed E-state index contributed by atoms with van der Waals surface area (Å²) in [6.45, 7) is 0.925. The molecule has 144 valence electrons. The van der Waals surface area contributed by atoms with Crippen LogP contribution in [0, 0.1) is 5.92 Å². The van der Waals surface area contributed by atoms with Gasteiger partial charge in [-0.1, -0.05) is 23.7 Å². The van der Waals surface area contributed by atoms with E-state index in [1.54, 1.807) is 31.2 Å². The number of carbonyl (C=O) groups is 4. The molecule has 1 heterocycles. The molecule has 2 fully saturated rings. The third kappa shape index (κ3) is 4.39. The topological polar surface area (TPSA) is 105 Å². The number of amides is 4. The van der Waals surface area contributed by atoms with Gasteiger partial charge in [-0.15, -0.1) is 0 Å². The van der Waals surface area contributed by atoms with Crippen LogP contribution >= 0.6 is 11.6 Å². The third-order valence-corrected chi connectivity index (χ3v) is 5.00. The zero-order valence-electron chi connectivity index (χ0n) is 14.8. The highest BCUT2D eigenvalue weighted by Crippen LogP contribution is 2.42. The maximum atomic E-state index is 12.4. The van der Waals surface area contributed by atoms with Gasteiger partial charge in [0.2, 0.25) is 0 Å². The Kier molecular flexibility index (Phi) is 5.36. The summed E-state index contributed by atoms with van der Waals surface area (Å²) in [6, 6.07) is 6.33. The van der Waals surface area contributed by atoms with E-state index in [1.807, 2.05) is 0 Å². The molecule has 8 nitrogen and oxygen atoms in total. The largest absolute Gasteiger partial charge is 0.454 e. The first-order chi connectivity index (χ1) is 12.8. The number of urea groups is 1. The van der Waals surface area contributed by atoms with Gasteiger partial charge in [0.1, 0.15) is 12.1 Å². The van der Waals surface area contributed by atoms with Crippen molar-refractivity contribution in [3.63, 3.8) is 0 Å².